The molecule has 94 valence electrons. The minimum atomic E-state index is -0.164. The van der Waals surface area contributed by atoms with Crippen molar-refractivity contribution < 1.29 is 9.53 Å². The molecule has 0 bridgehead atoms. The van der Waals surface area contributed by atoms with Crippen LogP contribution in [0.5, 0.6) is 5.75 Å². The van der Waals surface area contributed by atoms with Crippen molar-refractivity contribution in [1.29, 1.82) is 0 Å². The van der Waals surface area contributed by atoms with E-state index in [2.05, 4.69) is 21.2 Å². The number of carbonyl (C=O) groups is 1. The van der Waals surface area contributed by atoms with Gasteiger partial charge in [-0.3, -0.25) is 4.79 Å². The SMILES string of the molecule is CCOc1c(Br)cc(Cl)cc1NC(=O)CCN. The van der Waals surface area contributed by atoms with Crippen molar-refractivity contribution in [3.05, 3.63) is 21.6 Å². The lowest BCUT2D eigenvalue weighted by Crippen LogP contribution is -2.17. The summed E-state index contributed by atoms with van der Waals surface area (Å²) in [4.78, 5) is 11.5. The highest BCUT2D eigenvalue weighted by molar-refractivity contribution is 9.10. The number of nitrogens with one attached hydrogen (secondary N) is 1. The van der Waals surface area contributed by atoms with Crippen LogP contribution < -0.4 is 15.8 Å². The van der Waals surface area contributed by atoms with Crippen molar-refractivity contribution in [2.45, 2.75) is 13.3 Å². The molecular formula is C11H14BrClN2O2. The van der Waals surface area contributed by atoms with Gasteiger partial charge in [-0.1, -0.05) is 11.6 Å². The van der Waals surface area contributed by atoms with E-state index in [1.807, 2.05) is 6.92 Å². The number of hydrogen-bond acceptors (Lipinski definition) is 3. The lowest BCUT2D eigenvalue weighted by atomic mass is 10.2. The lowest BCUT2D eigenvalue weighted by Gasteiger charge is -2.13. The van der Waals surface area contributed by atoms with Crippen LogP contribution in [0.4, 0.5) is 5.69 Å². The fraction of sp³-hybridized carbons (Fsp3) is 0.364. The van der Waals surface area contributed by atoms with E-state index in [0.717, 1.165) is 0 Å². The van der Waals surface area contributed by atoms with Gasteiger partial charge >= 0.3 is 0 Å². The second kappa shape index (κ2) is 6.83. The summed E-state index contributed by atoms with van der Waals surface area (Å²) in [5.41, 5.74) is 5.86. The van der Waals surface area contributed by atoms with E-state index < -0.39 is 0 Å². The van der Waals surface area contributed by atoms with Crippen LogP contribution in [0.2, 0.25) is 5.02 Å². The molecule has 0 unspecified atom stereocenters. The lowest BCUT2D eigenvalue weighted by molar-refractivity contribution is -0.116. The van der Waals surface area contributed by atoms with Crippen LogP contribution in [0.15, 0.2) is 16.6 Å². The molecule has 0 heterocycles. The number of rotatable bonds is 5. The van der Waals surface area contributed by atoms with E-state index >= 15 is 0 Å². The minimum absolute atomic E-state index is 0.164. The van der Waals surface area contributed by atoms with E-state index in [9.17, 15) is 4.79 Å². The average Bonchev–Trinajstić information content (AvgIpc) is 2.23. The summed E-state index contributed by atoms with van der Waals surface area (Å²) < 4.78 is 6.15. The van der Waals surface area contributed by atoms with E-state index in [1.165, 1.54) is 0 Å². The third-order valence-corrected chi connectivity index (χ3v) is 2.75. The zero-order valence-corrected chi connectivity index (χ0v) is 11.8. The topological polar surface area (TPSA) is 64.3 Å². The van der Waals surface area contributed by atoms with E-state index in [-0.39, 0.29) is 12.3 Å². The Labute approximate surface area is 114 Å². The monoisotopic (exact) mass is 320 g/mol. The number of nitrogens with two attached hydrogens (primary N) is 1. The molecule has 4 nitrogen and oxygen atoms in total. The number of benzene rings is 1. The largest absolute Gasteiger partial charge is 0.491 e. The Hall–Kier alpha value is -0.780. The number of halogens is 2. The van der Waals surface area contributed by atoms with Gasteiger partial charge in [0.2, 0.25) is 5.91 Å². The van der Waals surface area contributed by atoms with Crippen molar-refractivity contribution in [3.8, 4) is 5.75 Å². The molecule has 0 fully saturated rings. The predicted octanol–water partition coefficient (Wildman–Crippen LogP) is 2.79. The number of anilines is 1. The third-order valence-electron chi connectivity index (χ3n) is 1.94. The molecule has 0 saturated carbocycles. The van der Waals surface area contributed by atoms with Crippen LogP contribution in [-0.4, -0.2) is 19.1 Å². The van der Waals surface area contributed by atoms with Gasteiger partial charge in [-0.05, 0) is 35.0 Å². The van der Waals surface area contributed by atoms with E-state index in [0.29, 0.717) is 34.1 Å². The molecule has 0 saturated heterocycles. The normalized spacial score (nSPS) is 10.1. The van der Waals surface area contributed by atoms with E-state index in [1.54, 1.807) is 12.1 Å². The van der Waals surface area contributed by atoms with Crippen molar-refractivity contribution >= 4 is 39.1 Å². The van der Waals surface area contributed by atoms with Crippen molar-refractivity contribution in [3.63, 3.8) is 0 Å². The quantitative estimate of drug-likeness (QED) is 0.876. The molecule has 0 aliphatic rings. The third kappa shape index (κ3) is 4.18. The fourth-order valence-electron chi connectivity index (χ4n) is 1.29. The molecular weight excluding hydrogens is 307 g/mol. The van der Waals surface area contributed by atoms with Crippen LogP contribution >= 0.6 is 27.5 Å². The van der Waals surface area contributed by atoms with Crippen molar-refractivity contribution in [2.75, 3.05) is 18.5 Å². The Morgan fingerprint density at radius 1 is 1.59 bits per heavy atom. The van der Waals surface area contributed by atoms with Gasteiger partial charge in [0, 0.05) is 18.0 Å². The highest BCUT2D eigenvalue weighted by Gasteiger charge is 2.12. The number of hydrogen-bond donors (Lipinski definition) is 2. The smallest absolute Gasteiger partial charge is 0.225 e. The van der Waals surface area contributed by atoms with Crippen LogP contribution in [0.1, 0.15) is 13.3 Å². The maximum Gasteiger partial charge on any atom is 0.225 e. The Bertz CT molecular complexity index is 413. The molecule has 6 heteroatoms. The van der Waals surface area contributed by atoms with Gasteiger partial charge in [0.05, 0.1) is 16.8 Å². The van der Waals surface area contributed by atoms with Crippen molar-refractivity contribution in [2.24, 2.45) is 5.73 Å². The molecule has 17 heavy (non-hydrogen) atoms. The van der Waals surface area contributed by atoms with Crippen LogP contribution in [-0.2, 0) is 4.79 Å². The maximum atomic E-state index is 11.5. The maximum absolute atomic E-state index is 11.5. The van der Waals surface area contributed by atoms with Crippen LogP contribution in [0.25, 0.3) is 0 Å². The van der Waals surface area contributed by atoms with Gasteiger partial charge in [-0.2, -0.15) is 0 Å². The van der Waals surface area contributed by atoms with Crippen LogP contribution in [0, 0.1) is 0 Å². The molecule has 0 spiro atoms. The molecule has 1 amide bonds. The second-order valence-corrected chi connectivity index (χ2v) is 4.57. The highest BCUT2D eigenvalue weighted by atomic mass is 79.9. The summed E-state index contributed by atoms with van der Waals surface area (Å²) in [7, 11) is 0. The standard InChI is InChI=1S/C11H14BrClN2O2/c1-2-17-11-8(12)5-7(13)6-9(11)15-10(16)3-4-14/h5-6H,2-4,14H2,1H3,(H,15,16). The molecule has 1 aromatic carbocycles. The van der Waals surface area contributed by atoms with Gasteiger partial charge in [-0.25, -0.2) is 0 Å². The Morgan fingerprint density at radius 3 is 2.88 bits per heavy atom. The minimum Gasteiger partial charge on any atom is -0.491 e. The van der Waals surface area contributed by atoms with Gasteiger partial charge in [0.15, 0.2) is 5.75 Å². The first-order valence-electron chi connectivity index (χ1n) is 5.20. The zero-order valence-electron chi connectivity index (χ0n) is 9.43. The van der Waals surface area contributed by atoms with Crippen LogP contribution in [0.3, 0.4) is 0 Å². The molecule has 1 aromatic rings. The molecule has 0 aliphatic carbocycles. The summed E-state index contributed by atoms with van der Waals surface area (Å²) in [6.07, 6.45) is 0.260. The molecule has 0 aliphatic heterocycles. The first kappa shape index (κ1) is 14.3. The Morgan fingerprint density at radius 2 is 2.29 bits per heavy atom. The Kier molecular flexibility index (Phi) is 5.74. The van der Waals surface area contributed by atoms with E-state index in [4.69, 9.17) is 22.1 Å². The van der Waals surface area contributed by atoms with Gasteiger partial charge in [-0.15, -0.1) is 0 Å². The van der Waals surface area contributed by atoms with Gasteiger partial charge in [0.25, 0.3) is 0 Å². The summed E-state index contributed by atoms with van der Waals surface area (Å²) in [6.45, 7) is 2.67. The summed E-state index contributed by atoms with van der Waals surface area (Å²) in [6, 6.07) is 3.36. The second-order valence-electron chi connectivity index (χ2n) is 3.28. The molecule has 0 radical (unpaired) electrons. The molecule has 0 atom stereocenters. The Balaban J connectivity index is 2.98. The fourth-order valence-corrected chi connectivity index (χ4v) is 2.21. The zero-order chi connectivity index (χ0) is 12.8. The number of amides is 1. The molecule has 1 rings (SSSR count). The predicted molar refractivity (Wildman–Crippen MR) is 72.6 cm³/mol. The molecule has 0 aromatic heterocycles. The average molecular weight is 322 g/mol. The summed E-state index contributed by atoms with van der Waals surface area (Å²) in [5, 5.41) is 3.24. The van der Waals surface area contributed by atoms with Gasteiger partial charge in [0.1, 0.15) is 0 Å². The first-order valence-corrected chi connectivity index (χ1v) is 6.37. The number of carbonyl (C=O) groups excluding carboxylic acids is 1. The first-order chi connectivity index (χ1) is 8.08. The van der Waals surface area contributed by atoms with Crippen molar-refractivity contribution in [1.82, 2.24) is 0 Å². The highest BCUT2D eigenvalue weighted by Crippen LogP contribution is 2.36. The number of ether oxygens (including phenoxy) is 1. The van der Waals surface area contributed by atoms with Gasteiger partial charge < -0.3 is 15.8 Å². The molecule has 3 N–H and O–H groups in total. The summed E-state index contributed by atoms with van der Waals surface area (Å²) in [5.74, 6) is 0.407. The summed E-state index contributed by atoms with van der Waals surface area (Å²) >= 11 is 9.26.